The van der Waals surface area contributed by atoms with Gasteiger partial charge in [-0.3, -0.25) is 4.79 Å². The summed E-state index contributed by atoms with van der Waals surface area (Å²) in [6.45, 7) is 14.2. The normalized spacial score (nSPS) is 15.3. The first-order chi connectivity index (χ1) is 16.2. The summed E-state index contributed by atoms with van der Waals surface area (Å²) >= 11 is 0. The highest BCUT2D eigenvalue weighted by molar-refractivity contribution is 6.76. The molecule has 1 heterocycles. The van der Waals surface area contributed by atoms with Crippen molar-refractivity contribution in [3.8, 4) is 11.1 Å². The van der Waals surface area contributed by atoms with Gasteiger partial charge in [-0.25, -0.2) is 4.68 Å². The van der Waals surface area contributed by atoms with Gasteiger partial charge in [0.2, 0.25) is 0 Å². The zero-order valence-corrected chi connectivity index (χ0v) is 23.2. The second kappa shape index (κ2) is 11.1. The molecule has 2 saturated carbocycles. The third-order valence-electron chi connectivity index (χ3n) is 6.59. The molecule has 0 spiro atoms. The van der Waals surface area contributed by atoms with E-state index in [4.69, 9.17) is 10.5 Å². The molecule has 0 saturated heterocycles. The molecule has 0 aliphatic heterocycles. The van der Waals surface area contributed by atoms with Crippen LogP contribution in [0.3, 0.4) is 0 Å². The zero-order valence-electron chi connectivity index (χ0n) is 21.4. The number of halogens is 1. The average molecular weight is 515 g/mol. The van der Waals surface area contributed by atoms with Gasteiger partial charge in [0.1, 0.15) is 6.73 Å². The molecule has 2 aromatic rings. The standard InChI is InChI=1S/C27H38N4O2Si.ClH/c1-6-23-24(18(2)30-31(23)17-33-15-16-34(3,4)5)19-11-13-22(14-12-19)29-27(32)26(28)25(20-7-8-20)21-9-10-21;/h6,11-14,20-21H,1,7-10,15-17,28H2,2-5H3,(H,29,32);1H. The monoisotopic (exact) mass is 514 g/mol. The molecule has 4 rings (SSSR count). The van der Waals surface area contributed by atoms with Gasteiger partial charge in [-0.1, -0.05) is 38.4 Å². The Morgan fingerprint density at radius 2 is 1.80 bits per heavy atom. The number of anilines is 1. The lowest BCUT2D eigenvalue weighted by Gasteiger charge is -2.15. The molecule has 0 bridgehead atoms. The summed E-state index contributed by atoms with van der Waals surface area (Å²) in [7, 11) is -1.13. The molecule has 0 radical (unpaired) electrons. The number of aryl methyl sites for hydroxylation is 1. The van der Waals surface area contributed by atoms with Crippen molar-refractivity contribution in [2.24, 2.45) is 17.6 Å². The highest BCUT2D eigenvalue weighted by Gasteiger charge is 2.39. The summed E-state index contributed by atoms with van der Waals surface area (Å²) in [5, 5.41) is 7.67. The number of nitrogens with one attached hydrogen (secondary N) is 1. The lowest BCUT2D eigenvalue weighted by Crippen LogP contribution is -2.23. The van der Waals surface area contributed by atoms with Crippen LogP contribution in [-0.2, 0) is 16.3 Å². The minimum Gasteiger partial charge on any atom is -0.394 e. The fourth-order valence-electron chi connectivity index (χ4n) is 4.40. The molecule has 2 aliphatic rings. The number of hydrogen-bond acceptors (Lipinski definition) is 4. The Morgan fingerprint density at radius 1 is 1.20 bits per heavy atom. The van der Waals surface area contributed by atoms with Crippen LogP contribution in [0.5, 0.6) is 0 Å². The van der Waals surface area contributed by atoms with Crippen molar-refractivity contribution >= 4 is 38.2 Å². The Kier molecular flexibility index (Phi) is 8.67. The second-order valence-corrected chi connectivity index (χ2v) is 16.5. The zero-order chi connectivity index (χ0) is 24.5. The van der Waals surface area contributed by atoms with Crippen molar-refractivity contribution in [3.05, 3.63) is 53.5 Å². The highest BCUT2D eigenvalue weighted by Crippen LogP contribution is 2.49. The number of nitrogens with zero attached hydrogens (tertiary/aromatic N) is 2. The van der Waals surface area contributed by atoms with E-state index >= 15 is 0 Å². The number of carbonyl (C=O) groups excluding carboxylic acids is 1. The molecule has 3 N–H and O–H groups in total. The van der Waals surface area contributed by atoms with Gasteiger partial charge in [0.05, 0.1) is 17.1 Å². The SMILES string of the molecule is C=Cc1c(-c2ccc(NC(=O)C(N)=C(C3CC3)C3CC3)cc2)c(C)nn1COCC[Si](C)(C)C.Cl. The van der Waals surface area contributed by atoms with E-state index in [1.807, 2.05) is 41.9 Å². The molecule has 0 unspecified atom stereocenters. The van der Waals surface area contributed by atoms with Gasteiger partial charge in [0.25, 0.3) is 5.91 Å². The van der Waals surface area contributed by atoms with Crippen LogP contribution in [-0.4, -0.2) is 30.4 Å². The van der Waals surface area contributed by atoms with Crippen LogP contribution in [0.25, 0.3) is 17.2 Å². The number of amides is 1. The molecule has 8 heteroatoms. The van der Waals surface area contributed by atoms with Gasteiger partial charge in [-0.05, 0) is 79.8 Å². The number of hydrogen-bond donors (Lipinski definition) is 2. The van der Waals surface area contributed by atoms with E-state index in [1.54, 1.807) is 0 Å². The van der Waals surface area contributed by atoms with Crippen molar-refractivity contribution in [1.29, 1.82) is 0 Å². The predicted octanol–water partition coefficient (Wildman–Crippen LogP) is 6.21. The molecule has 35 heavy (non-hydrogen) atoms. The predicted molar refractivity (Wildman–Crippen MR) is 149 cm³/mol. The van der Waals surface area contributed by atoms with E-state index in [-0.39, 0.29) is 18.3 Å². The Bertz CT molecular complexity index is 1080. The molecular weight excluding hydrogens is 476 g/mol. The number of benzene rings is 1. The first kappa shape index (κ1) is 27.2. The molecule has 0 atom stereocenters. The number of ether oxygens (including phenoxy) is 1. The molecule has 190 valence electrons. The van der Waals surface area contributed by atoms with Crippen LogP contribution < -0.4 is 11.1 Å². The number of rotatable bonds is 11. The van der Waals surface area contributed by atoms with Crippen molar-refractivity contribution < 1.29 is 9.53 Å². The smallest absolute Gasteiger partial charge is 0.271 e. The molecule has 1 amide bonds. The maximum atomic E-state index is 12.8. The van der Waals surface area contributed by atoms with Crippen LogP contribution in [0.1, 0.15) is 37.1 Å². The summed E-state index contributed by atoms with van der Waals surface area (Å²) in [6.07, 6.45) is 6.48. The fraction of sp³-hybridized carbons (Fsp3) is 0.481. The average Bonchev–Trinajstić information content (AvgIpc) is 3.71. The lowest BCUT2D eigenvalue weighted by atomic mass is 10.0. The van der Waals surface area contributed by atoms with Crippen LogP contribution in [0.4, 0.5) is 5.69 Å². The maximum Gasteiger partial charge on any atom is 0.271 e. The molecule has 1 aromatic heterocycles. The molecule has 1 aromatic carbocycles. The number of nitrogens with two attached hydrogens (primary N) is 1. The molecular formula is C27H39ClN4O2Si. The van der Waals surface area contributed by atoms with Gasteiger partial charge in [0.15, 0.2) is 0 Å². The van der Waals surface area contributed by atoms with Crippen LogP contribution in [0, 0.1) is 18.8 Å². The van der Waals surface area contributed by atoms with Crippen LogP contribution in [0.2, 0.25) is 25.7 Å². The summed E-state index contributed by atoms with van der Waals surface area (Å²) in [4.78, 5) is 12.8. The van der Waals surface area contributed by atoms with E-state index in [0.717, 1.165) is 66.5 Å². The van der Waals surface area contributed by atoms with Crippen LogP contribution in [0.15, 0.2) is 42.1 Å². The first-order valence-electron chi connectivity index (χ1n) is 12.4. The molecule has 6 nitrogen and oxygen atoms in total. The number of aromatic nitrogens is 2. The summed E-state index contributed by atoms with van der Waals surface area (Å²) in [5.74, 6) is 0.863. The van der Waals surface area contributed by atoms with Crippen LogP contribution >= 0.6 is 12.4 Å². The first-order valence-corrected chi connectivity index (χ1v) is 16.1. The topological polar surface area (TPSA) is 82.2 Å². The largest absolute Gasteiger partial charge is 0.394 e. The number of carbonyl (C=O) groups is 1. The Labute approximate surface area is 216 Å². The summed E-state index contributed by atoms with van der Waals surface area (Å²) in [5.41, 5.74) is 12.6. The van der Waals surface area contributed by atoms with Gasteiger partial charge < -0.3 is 15.8 Å². The third kappa shape index (κ3) is 6.87. The van der Waals surface area contributed by atoms with Crippen molar-refractivity contribution in [2.75, 3.05) is 11.9 Å². The second-order valence-electron chi connectivity index (χ2n) is 10.8. The van der Waals surface area contributed by atoms with Gasteiger partial charge >= 0.3 is 0 Å². The van der Waals surface area contributed by atoms with Crippen molar-refractivity contribution in [3.63, 3.8) is 0 Å². The van der Waals surface area contributed by atoms with E-state index < -0.39 is 8.07 Å². The summed E-state index contributed by atoms with van der Waals surface area (Å²) < 4.78 is 7.79. The number of allylic oxidation sites excluding steroid dienone is 1. The minimum atomic E-state index is -1.13. The lowest BCUT2D eigenvalue weighted by molar-refractivity contribution is -0.113. The molecule has 2 aliphatic carbocycles. The Morgan fingerprint density at radius 3 is 2.31 bits per heavy atom. The van der Waals surface area contributed by atoms with E-state index in [2.05, 4.69) is 36.6 Å². The highest BCUT2D eigenvalue weighted by atomic mass is 35.5. The van der Waals surface area contributed by atoms with E-state index in [0.29, 0.717) is 24.3 Å². The van der Waals surface area contributed by atoms with Crippen molar-refractivity contribution in [2.45, 2.75) is 65.0 Å². The van der Waals surface area contributed by atoms with Gasteiger partial charge in [-0.15, -0.1) is 12.4 Å². The molecule has 2 fully saturated rings. The van der Waals surface area contributed by atoms with E-state index in [1.165, 1.54) is 5.57 Å². The third-order valence-corrected chi connectivity index (χ3v) is 8.30. The maximum absolute atomic E-state index is 12.8. The quantitative estimate of drug-likeness (QED) is 0.212. The van der Waals surface area contributed by atoms with Gasteiger partial charge in [-0.2, -0.15) is 5.10 Å². The van der Waals surface area contributed by atoms with Gasteiger partial charge in [0, 0.05) is 25.9 Å². The minimum absolute atomic E-state index is 0. The Hall–Kier alpha value is -2.35. The fourth-order valence-corrected chi connectivity index (χ4v) is 5.16. The summed E-state index contributed by atoms with van der Waals surface area (Å²) in [6, 6.07) is 8.97. The van der Waals surface area contributed by atoms with E-state index in [9.17, 15) is 4.79 Å². The Balaban J connectivity index is 0.00000342. The van der Waals surface area contributed by atoms with Crippen molar-refractivity contribution in [1.82, 2.24) is 9.78 Å².